The number of aliphatic hydroxyl groups is 5. The van der Waals surface area contributed by atoms with Gasteiger partial charge < -0.3 is 61.3 Å². The van der Waals surface area contributed by atoms with Crippen molar-refractivity contribution in [2.45, 2.75) is 63.1 Å². The molecule has 0 spiro atoms. The first-order valence-electron chi connectivity index (χ1n) is 17.2. The number of benzene rings is 1. The number of rotatable bonds is 16. The molecule has 0 radical (unpaired) electrons. The number of nitrogen functional groups attached to an aromatic ring is 1. The maximum atomic E-state index is 13.1. The number of phosphoric ester groups is 2. The summed E-state index contributed by atoms with van der Waals surface area (Å²) in [4.78, 5) is 65.5. The van der Waals surface area contributed by atoms with Crippen molar-refractivity contribution < 1.29 is 62.5 Å². The lowest BCUT2D eigenvalue weighted by Crippen LogP contribution is -2.47. The first-order valence-corrected chi connectivity index (χ1v) is 20.2. The van der Waals surface area contributed by atoms with E-state index in [0.717, 1.165) is 17.5 Å². The van der Waals surface area contributed by atoms with Gasteiger partial charge in [0.15, 0.2) is 17.7 Å². The summed E-state index contributed by atoms with van der Waals surface area (Å²) < 4.78 is 45.7. The highest BCUT2D eigenvalue weighted by molar-refractivity contribution is 7.61. The van der Waals surface area contributed by atoms with E-state index in [1.165, 1.54) is 15.8 Å². The Balaban J connectivity index is 1.08. The van der Waals surface area contributed by atoms with Crippen molar-refractivity contribution >= 4 is 55.5 Å². The molecule has 2 unspecified atom stereocenters. The number of aromatic amines is 2. The molecule has 1 saturated heterocycles. The zero-order chi connectivity index (χ0) is 41.6. The second-order valence-electron chi connectivity index (χ2n) is 13.3. The molecule has 27 heteroatoms. The number of nitrogens with zero attached hydrogens (tertiary/aromatic N) is 6. The minimum Gasteiger partial charge on any atom is -0.388 e. The molecule has 0 amide bonds. The number of aryl methyl sites for hydroxylation is 2. The van der Waals surface area contributed by atoms with E-state index in [9.17, 15) is 54.0 Å². The maximum Gasteiger partial charge on any atom is 0.481 e. The van der Waals surface area contributed by atoms with Crippen LogP contribution in [0.3, 0.4) is 0 Å². The number of hydrogen-bond donors (Lipinski definition) is 11. The zero-order valence-electron chi connectivity index (χ0n) is 30.2. The lowest BCUT2D eigenvalue weighted by molar-refractivity contribution is -0.0719. The Morgan fingerprint density at radius 3 is 2.30 bits per heavy atom. The average Bonchev–Trinajstić information content (AvgIpc) is 3.70. The number of β-amino-alcohol motifs (C(OH)–C–C–N with tert-alkyl or cyclic N) is 1. The molecule has 0 aliphatic carbocycles. The van der Waals surface area contributed by atoms with Crippen LogP contribution in [0.4, 0.5) is 28.7 Å². The van der Waals surface area contributed by atoms with Gasteiger partial charge in [-0.05, 0) is 50.1 Å². The molecule has 1 aromatic carbocycles. The third kappa shape index (κ3) is 8.81. The molecule has 2 aliphatic rings. The molecular weight excluding hydrogens is 802 g/mol. The van der Waals surface area contributed by atoms with Crippen molar-refractivity contribution in [3.8, 4) is 0 Å². The average molecular weight is 845 g/mol. The van der Waals surface area contributed by atoms with Crippen molar-refractivity contribution in [3.63, 3.8) is 0 Å². The maximum absolute atomic E-state index is 13.1. The molecule has 3 aromatic heterocycles. The van der Waals surface area contributed by atoms with E-state index in [4.69, 9.17) is 20.7 Å². The molecule has 312 valence electrons. The molecule has 4 aromatic rings. The molecule has 6 rings (SSSR count). The van der Waals surface area contributed by atoms with Gasteiger partial charge in [-0.15, -0.1) is 0 Å². The van der Waals surface area contributed by atoms with Crippen molar-refractivity contribution in [1.29, 1.82) is 0 Å². The van der Waals surface area contributed by atoms with Crippen LogP contribution in [0, 0.1) is 13.8 Å². The summed E-state index contributed by atoms with van der Waals surface area (Å²) in [6, 6.07) is 3.54. The van der Waals surface area contributed by atoms with Gasteiger partial charge in [0.1, 0.15) is 60.0 Å². The molecule has 25 nitrogen and oxygen atoms in total. The van der Waals surface area contributed by atoms with Crippen LogP contribution in [0.2, 0.25) is 0 Å². The van der Waals surface area contributed by atoms with Crippen LogP contribution in [0.1, 0.15) is 23.8 Å². The Morgan fingerprint density at radius 2 is 1.61 bits per heavy atom. The number of H-pyrrole nitrogens is 2. The number of nitrogens with one attached hydrogen (secondary N) is 2. The summed E-state index contributed by atoms with van der Waals surface area (Å²) in [6.07, 6.45) is -9.44. The fraction of sp³-hybridized carbons (Fsp3) is 0.500. The Bertz CT molecular complexity index is 2330. The van der Waals surface area contributed by atoms with Crippen LogP contribution >= 0.6 is 15.6 Å². The van der Waals surface area contributed by atoms with E-state index < -0.39 is 89.5 Å². The second kappa shape index (κ2) is 16.6. The summed E-state index contributed by atoms with van der Waals surface area (Å²) >= 11 is 0. The number of phosphoric acid groups is 2. The Hall–Kier alpha value is -4.17. The number of hydrogen-bond acceptors (Lipinski definition) is 20. The molecule has 13 N–H and O–H groups in total. The Kier molecular flexibility index (Phi) is 12.4. The monoisotopic (exact) mass is 844 g/mol. The second-order valence-corrected chi connectivity index (χ2v) is 16.3. The van der Waals surface area contributed by atoms with E-state index in [1.807, 2.05) is 13.8 Å². The van der Waals surface area contributed by atoms with E-state index >= 15 is 0 Å². The summed E-state index contributed by atoms with van der Waals surface area (Å²) in [5.74, 6) is -0.00154. The van der Waals surface area contributed by atoms with E-state index in [0.29, 0.717) is 24.3 Å². The predicted molar refractivity (Wildman–Crippen MR) is 198 cm³/mol. The number of aromatic nitrogens is 6. The molecule has 0 saturated carbocycles. The smallest absolute Gasteiger partial charge is 0.388 e. The van der Waals surface area contributed by atoms with Gasteiger partial charge in [0.25, 0.3) is 5.56 Å². The topological polar surface area (TPSA) is 381 Å². The van der Waals surface area contributed by atoms with Gasteiger partial charge in [0.2, 0.25) is 0 Å². The van der Waals surface area contributed by atoms with Crippen LogP contribution in [0.15, 0.2) is 34.4 Å². The number of aliphatic hydroxyl groups excluding tert-OH is 5. The first-order chi connectivity index (χ1) is 26.8. The van der Waals surface area contributed by atoms with Gasteiger partial charge in [0, 0.05) is 6.54 Å². The van der Waals surface area contributed by atoms with Crippen LogP contribution in [-0.2, 0) is 27.2 Å². The molecule has 5 heterocycles. The van der Waals surface area contributed by atoms with Crippen LogP contribution in [0.25, 0.3) is 11.2 Å². The standard InChI is InChI=1S/C30H42N10O15P2/c1-13-6-15-16(7-14(13)2)39(27-21(38(15)5-3-4-31)28(46)37-30(47)36-27)8-17(41)22(43)18(42)9-52-56(48,49)55-57(50,51)53-10-19-23(44)24(45)29(54-19)40-12-35-20-25(32)33-11-34-26(20)40/h6-7,11-12,17-19,22-24,29,41-45H,3-5,8-10,31H2,1-2H3,(H,48,49)(H,50,51)(H2,32,33,34)(H2,36,37,46,47)/t17-,18+,19+,22-,23+,24+,29+/m0/s1. The first kappa shape index (κ1) is 42.4. The number of anilines is 5. The highest BCUT2D eigenvalue weighted by Crippen LogP contribution is 2.60. The van der Waals surface area contributed by atoms with Gasteiger partial charge in [-0.25, -0.2) is 28.9 Å². The molecule has 57 heavy (non-hydrogen) atoms. The minimum atomic E-state index is -5.56. The summed E-state index contributed by atoms with van der Waals surface area (Å²) in [5.41, 5.74) is 12.8. The van der Waals surface area contributed by atoms with Gasteiger partial charge >= 0.3 is 21.3 Å². The predicted octanol–water partition coefficient (Wildman–Crippen LogP) is -2.01. The number of fused-ring (bicyclic) bond motifs is 3. The van der Waals surface area contributed by atoms with Gasteiger partial charge in [-0.3, -0.25) is 28.4 Å². The summed E-state index contributed by atoms with van der Waals surface area (Å²) in [6.45, 7) is 1.52. The molecular formula is C30H42N10O15P2. The zero-order valence-corrected chi connectivity index (χ0v) is 32.0. The number of imidazole rings is 1. The fourth-order valence-corrected chi connectivity index (χ4v) is 8.46. The van der Waals surface area contributed by atoms with Crippen molar-refractivity contribution in [2.24, 2.45) is 5.73 Å². The lowest BCUT2D eigenvalue weighted by atomic mass is 10.0. The number of ether oxygens (including phenoxy) is 1. The van der Waals surface area contributed by atoms with Gasteiger partial charge in [-0.2, -0.15) is 4.31 Å². The third-order valence-corrected chi connectivity index (χ3v) is 12.0. The molecule has 1 fully saturated rings. The van der Waals surface area contributed by atoms with Gasteiger partial charge in [0.05, 0.1) is 37.5 Å². The van der Waals surface area contributed by atoms with Crippen LogP contribution in [-0.4, -0.2) is 134 Å². The van der Waals surface area contributed by atoms with Crippen molar-refractivity contribution in [3.05, 3.63) is 56.8 Å². The summed E-state index contributed by atoms with van der Waals surface area (Å²) in [5, 5.41) is 53.7. The number of nitrogens with two attached hydrogens (primary N) is 2. The van der Waals surface area contributed by atoms with E-state index in [1.54, 1.807) is 17.0 Å². The lowest BCUT2D eigenvalue weighted by Gasteiger charge is -2.40. The minimum absolute atomic E-state index is 0.0240. The van der Waals surface area contributed by atoms with E-state index in [-0.39, 0.29) is 35.0 Å². The highest BCUT2D eigenvalue weighted by Gasteiger charge is 2.46. The molecule has 9 atom stereocenters. The Morgan fingerprint density at radius 1 is 0.947 bits per heavy atom. The molecule has 0 bridgehead atoms. The third-order valence-electron chi connectivity index (χ3n) is 9.37. The summed E-state index contributed by atoms with van der Waals surface area (Å²) in [7, 11) is -11.0. The SMILES string of the molecule is Cc1cc2c(cc1C)N(CCCN)c1c([nH]c(=O)[nH]c1=O)N2C[C@H](O)[C@H](O)[C@H](O)COP(=O)(O)OP(=O)(O)OC[C@H]1O[C@@H](n2cnc3c(N)ncnc32)[C@H](O)[C@@H]1O. The molecule has 2 aliphatic heterocycles. The van der Waals surface area contributed by atoms with Crippen molar-refractivity contribution in [2.75, 3.05) is 48.4 Å². The fourth-order valence-electron chi connectivity index (χ4n) is 6.36. The highest BCUT2D eigenvalue weighted by atomic mass is 31.3. The van der Waals surface area contributed by atoms with E-state index in [2.05, 4.69) is 33.8 Å². The van der Waals surface area contributed by atoms with Crippen molar-refractivity contribution in [1.82, 2.24) is 29.5 Å². The largest absolute Gasteiger partial charge is 0.481 e. The Labute approximate surface area is 321 Å². The quantitative estimate of drug-likeness (QED) is 0.0543. The van der Waals surface area contributed by atoms with Crippen LogP contribution < -0.4 is 32.5 Å². The van der Waals surface area contributed by atoms with Gasteiger partial charge in [-0.1, -0.05) is 0 Å². The van der Waals surface area contributed by atoms with Crippen LogP contribution in [0.5, 0.6) is 0 Å². The normalized spacial score (nSPS) is 23.1.